The molecule has 0 bridgehead atoms. The van der Waals surface area contributed by atoms with Gasteiger partial charge in [0.05, 0.1) is 5.03 Å². The summed E-state index contributed by atoms with van der Waals surface area (Å²) in [6, 6.07) is 11.9. The van der Waals surface area contributed by atoms with Crippen molar-refractivity contribution in [3.63, 3.8) is 0 Å². The summed E-state index contributed by atoms with van der Waals surface area (Å²) in [6.45, 7) is 6.54. The summed E-state index contributed by atoms with van der Waals surface area (Å²) in [4.78, 5) is 5.15. The molecular weight excluding hydrogens is 359 g/mol. The summed E-state index contributed by atoms with van der Waals surface area (Å²) in [5.41, 5.74) is 3.61. The Morgan fingerprint density at radius 3 is 2.21 bits per heavy atom. The normalized spacial score (nSPS) is 11.2. The van der Waals surface area contributed by atoms with Gasteiger partial charge in [-0.25, -0.2) is 0 Å². The Bertz CT molecular complexity index is 837. The molecule has 0 atom stereocenters. The first-order valence-corrected chi connectivity index (χ1v) is 9.29. The molecule has 0 unspecified atom stereocenters. The third-order valence-electron chi connectivity index (χ3n) is 3.76. The zero-order chi connectivity index (χ0) is 17.3. The van der Waals surface area contributed by atoms with Crippen LogP contribution in [0.4, 0.5) is 0 Å². The predicted molar refractivity (Wildman–Crippen MR) is 103 cm³/mol. The second-order valence-corrected chi connectivity index (χ2v) is 7.88. The number of nitrogens with zero attached hydrogens (tertiary/aromatic N) is 2. The molecule has 0 saturated carbocycles. The van der Waals surface area contributed by atoms with Gasteiger partial charge in [-0.3, -0.25) is 4.98 Å². The Balaban J connectivity index is 2.14. The summed E-state index contributed by atoms with van der Waals surface area (Å²) in [5.74, 6) is 0.420. The van der Waals surface area contributed by atoms with E-state index < -0.39 is 0 Å². The minimum absolute atomic E-state index is 0.420. The van der Waals surface area contributed by atoms with Gasteiger partial charge < -0.3 is 4.57 Å². The van der Waals surface area contributed by atoms with E-state index in [0.717, 1.165) is 10.6 Å². The molecule has 0 aliphatic heterocycles. The Morgan fingerprint density at radius 1 is 1.00 bits per heavy atom. The highest BCUT2D eigenvalue weighted by Crippen LogP contribution is 2.39. The topological polar surface area (TPSA) is 17.8 Å². The lowest BCUT2D eigenvalue weighted by atomic mass is 10.1. The molecule has 2 heterocycles. The highest BCUT2D eigenvalue weighted by atomic mass is 35.5. The predicted octanol–water partition coefficient (Wildman–Crippen LogP) is 6.76. The van der Waals surface area contributed by atoms with Crippen molar-refractivity contribution in [1.82, 2.24) is 9.55 Å². The van der Waals surface area contributed by atoms with Crippen LogP contribution < -0.4 is 0 Å². The van der Waals surface area contributed by atoms with Gasteiger partial charge in [0.15, 0.2) is 0 Å². The lowest BCUT2D eigenvalue weighted by Crippen LogP contribution is -1.99. The van der Waals surface area contributed by atoms with E-state index >= 15 is 0 Å². The number of aryl methyl sites for hydroxylation is 1. The first kappa shape index (κ1) is 17.4. The smallest absolute Gasteiger partial charge is 0.0879 e. The molecule has 124 valence electrons. The molecule has 3 aromatic rings. The molecule has 3 rings (SSSR count). The van der Waals surface area contributed by atoms with Gasteiger partial charge in [0.2, 0.25) is 0 Å². The summed E-state index contributed by atoms with van der Waals surface area (Å²) in [5, 5.41) is 2.48. The molecule has 0 spiro atoms. The SMILES string of the molecule is Cc1cc(C(C)C)c(Sc2cc(Cl)cc(Cl)c2)n1-c1ccncc1. The van der Waals surface area contributed by atoms with Gasteiger partial charge in [-0.15, -0.1) is 0 Å². The number of benzene rings is 1. The van der Waals surface area contributed by atoms with Crippen molar-refractivity contribution >= 4 is 35.0 Å². The van der Waals surface area contributed by atoms with Crippen molar-refractivity contribution in [2.24, 2.45) is 0 Å². The van der Waals surface area contributed by atoms with E-state index in [4.69, 9.17) is 23.2 Å². The van der Waals surface area contributed by atoms with Crippen LogP contribution in [0.5, 0.6) is 0 Å². The van der Waals surface area contributed by atoms with Crippen LogP contribution in [0.3, 0.4) is 0 Å². The standard InChI is InChI=1S/C19H18Cl2N2S/c1-12(2)18-8-13(3)23(16-4-6-22-7-5-16)19(18)24-17-10-14(20)9-15(21)11-17/h4-12H,1-3H3. The number of aromatic nitrogens is 2. The van der Waals surface area contributed by atoms with Gasteiger partial charge in [0.25, 0.3) is 0 Å². The van der Waals surface area contributed by atoms with Crippen LogP contribution in [0.25, 0.3) is 5.69 Å². The van der Waals surface area contributed by atoms with Crippen molar-refractivity contribution in [3.8, 4) is 5.69 Å². The van der Waals surface area contributed by atoms with Gasteiger partial charge in [-0.1, -0.05) is 48.8 Å². The highest BCUT2D eigenvalue weighted by Gasteiger charge is 2.18. The molecule has 2 aromatic heterocycles. The molecule has 1 aromatic carbocycles. The fourth-order valence-electron chi connectivity index (χ4n) is 2.67. The third kappa shape index (κ3) is 3.64. The maximum Gasteiger partial charge on any atom is 0.0879 e. The van der Waals surface area contributed by atoms with E-state index in [-0.39, 0.29) is 0 Å². The van der Waals surface area contributed by atoms with Crippen LogP contribution >= 0.6 is 35.0 Å². The van der Waals surface area contributed by atoms with E-state index in [1.807, 2.05) is 36.7 Å². The van der Waals surface area contributed by atoms with E-state index in [2.05, 4.69) is 36.4 Å². The summed E-state index contributed by atoms with van der Waals surface area (Å²) >= 11 is 14.0. The van der Waals surface area contributed by atoms with Crippen molar-refractivity contribution in [2.45, 2.75) is 36.6 Å². The van der Waals surface area contributed by atoms with Crippen LogP contribution in [0.1, 0.15) is 31.0 Å². The van der Waals surface area contributed by atoms with Crippen LogP contribution in [-0.4, -0.2) is 9.55 Å². The minimum Gasteiger partial charge on any atom is -0.308 e. The van der Waals surface area contributed by atoms with E-state index in [1.54, 1.807) is 17.8 Å². The van der Waals surface area contributed by atoms with Crippen LogP contribution in [0, 0.1) is 6.92 Å². The summed E-state index contributed by atoms with van der Waals surface area (Å²) in [7, 11) is 0. The van der Waals surface area contributed by atoms with Crippen molar-refractivity contribution in [2.75, 3.05) is 0 Å². The lowest BCUT2D eigenvalue weighted by molar-refractivity contribution is 0.809. The minimum atomic E-state index is 0.420. The highest BCUT2D eigenvalue weighted by molar-refractivity contribution is 7.99. The van der Waals surface area contributed by atoms with Gasteiger partial charge >= 0.3 is 0 Å². The van der Waals surface area contributed by atoms with E-state index in [0.29, 0.717) is 16.0 Å². The zero-order valence-corrected chi connectivity index (χ0v) is 16.1. The number of halogens is 2. The number of hydrogen-bond acceptors (Lipinski definition) is 2. The molecular formula is C19H18Cl2N2S. The first-order chi connectivity index (χ1) is 11.5. The monoisotopic (exact) mass is 376 g/mol. The van der Waals surface area contributed by atoms with Crippen LogP contribution in [0.15, 0.2) is 58.7 Å². The van der Waals surface area contributed by atoms with E-state index in [1.165, 1.54) is 16.3 Å². The second-order valence-electron chi connectivity index (χ2n) is 5.95. The number of hydrogen-bond donors (Lipinski definition) is 0. The molecule has 0 saturated heterocycles. The average molecular weight is 377 g/mol. The quantitative estimate of drug-likeness (QED) is 0.500. The Kier molecular flexibility index (Phi) is 5.24. The fraction of sp³-hybridized carbons (Fsp3) is 0.211. The van der Waals surface area contributed by atoms with Crippen LogP contribution in [-0.2, 0) is 0 Å². The van der Waals surface area contributed by atoms with Crippen LogP contribution in [0.2, 0.25) is 10.0 Å². The molecule has 0 radical (unpaired) electrons. The molecule has 0 aliphatic carbocycles. The van der Waals surface area contributed by atoms with Gasteiger partial charge in [-0.2, -0.15) is 0 Å². The average Bonchev–Trinajstić information content (AvgIpc) is 2.84. The second kappa shape index (κ2) is 7.22. The third-order valence-corrected chi connectivity index (χ3v) is 5.28. The number of rotatable bonds is 4. The van der Waals surface area contributed by atoms with Gasteiger partial charge in [0.1, 0.15) is 0 Å². The molecule has 5 heteroatoms. The zero-order valence-electron chi connectivity index (χ0n) is 13.8. The maximum atomic E-state index is 6.17. The molecule has 0 fully saturated rings. The molecule has 24 heavy (non-hydrogen) atoms. The Hall–Kier alpha value is -1.42. The summed E-state index contributed by atoms with van der Waals surface area (Å²) < 4.78 is 2.26. The largest absolute Gasteiger partial charge is 0.308 e. The van der Waals surface area contributed by atoms with Crippen molar-refractivity contribution in [3.05, 3.63) is 70.1 Å². The van der Waals surface area contributed by atoms with Crippen molar-refractivity contribution < 1.29 is 0 Å². The fourth-order valence-corrected chi connectivity index (χ4v) is 4.68. The van der Waals surface area contributed by atoms with Gasteiger partial charge in [0, 0.05) is 38.7 Å². The summed E-state index contributed by atoms with van der Waals surface area (Å²) in [6.07, 6.45) is 3.63. The van der Waals surface area contributed by atoms with Gasteiger partial charge in [-0.05, 0) is 54.8 Å². The Morgan fingerprint density at radius 2 is 1.62 bits per heavy atom. The molecule has 0 aliphatic rings. The Labute approximate surface area is 156 Å². The number of pyridine rings is 1. The maximum absolute atomic E-state index is 6.17. The first-order valence-electron chi connectivity index (χ1n) is 7.72. The molecule has 2 nitrogen and oxygen atoms in total. The molecule has 0 N–H and O–H groups in total. The van der Waals surface area contributed by atoms with Crippen molar-refractivity contribution in [1.29, 1.82) is 0 Å². The van der Waals surface area contributed by atoms with E-state index in [9.17, 15) is 0 Å². The molecule has 0 amide bonds. The lowest BCUT2D eigenvalue weighted by Gasteiger charge is -2.14.